The van der Waals surface area contributed by atoms with Gasteiger partial charge in [0.1, 0.15) is 0 Å². The van der Waals surface area contributed by atoms with Gasteiger partial charge in [0.25, 0.3) is 0 Å². The normalized spacial score (nSPS) is 10.7. The monoisotopic (exact) mass is 362 g/mol. The van der Waals surface area contributed by atoms with Crippen LogP contribution in [0.3, 0.4) is 0 Å². The molecule has 3 N–H and O–H groups in total. The van der Waals surface area contributed by atoms with Gasteiger partial charge < -0.3 is 5.32 Å². The first-order valence-electron chi connectivity index (χ1n) is 8.07. The third kappa shape index (κ3) is 3.25. The summed E-state index contributed by atoms with van der Waals surface area (Å²) in [5.74, 6) is 0.447. The molecule has 3 aromatic carbocycles. The number of para-hydroxylation sites is 1. The van der Waals surface area contributed by atoms with Crippen molar-refractivity contribution in [1.29, 1.82) is 0 Å². The largest absolute Gasteiger partial charge is 0.324 e. The van der Waals surface area contributed by atoms with Gasteiger partial charge in [-0.3, -0.25) is 10.4 Å². The van der Waals surface area contributed by atoms with E-state index in [4.69, 9.17) is 11.6 Å². The number of fused-ring (bicyclic) bond motifs is 1. The molecule has 0 aliphatic rings. The summed E-state index contributed by atoms with van der Waals surface area (Å²) in [6.45, 7) is 0. The van der Waals surface area contributed by atoms with Gasteiger partial charge in [-0.15, -0.1) is 0 Å². The number of H-pyrrole nitrogens is 1. The van der Waals surface area contributed by atoms with Gasteiger partial charge in [-0.05, 0) is 29.8 Å². The van der Waals surface area contributed by atoms with Crippen LogP contribution in [0.25, 0.3) is 22.0 Å². The topological polar surface area (TPSA) is 69.8 Å². The van der Waals surface area contributed by atoms with Crippen LogP contribution < -0.4 is 10.6 Å². The predicted molar refractivity (Wildman–Crippen MR) is 106 cm³/mol. The molecule has 26 heavy (non-hydrogen) atoms. The maximum atomic E-state index is 12.2. The number of aromatic nitrogens is 2. The zero-order valence-corrected chi connectivity index (χ0v) is 14.4. The van der Waals surface area contributed by atoms with Crippen molar-refractivity contribution >= 4 is 40.0 Å². The lowest BCUT2D eigenvalue weighted by Gasteiger charge is -2.07. The van der Waals surface area contributed by atoms with Crippen LogP contribution in [0, 0.1) is 0 Å². The zero-order chi connectivity index (χ0) is 17.9. The van der Waals surface area contributed by atoms with Gasteiger partial charge in [-0.1, -0.05) is 60.1 Å². The molecule has 5 nitrogen and oxygen atoms in total. The number of aromatic amines is 1. The molecule has 0 atom stereocenters. The number of rotatable bonds is 3. The van der Waals surface area contributed by atoms with E-state index in [1.54, 1.807) is 0 Å². The quantitative estimate of drug-likeness (QED) is 0.448. The number of hydrogen-bond acceptors (Lipinski definition) is 2. The molecular weight excluding hydrogens is 348 g/mol. The van der Waals surface area contributed by atoms with E-state index in [1.807, 2.05) is 72.8 Å². The Labute approximate surface area is 155 Å². The Hall–Kier alpha value is -3.31. The van der Waals surface area contributed by atoms with Crippen LogP contribution in [0.2, 0.25) is 5.02 Å². The second-order valence-corrected chi connectivity index (χ2v) is 6.17. The molecular formula is C20H15ClN4O. The van der Waals surface area contributed by atoms with Crippen molar-refractivity contribution in [3.05, 3.63) is 77.8 Å². The summed E-state index contributed by atoms with van der Waals surface area (Å²) in [5, 5.41) is 14.1. The fourth-order valence-corrected chi connectivity index (χ4v) is 3.04. The number of carbonyl (C=O) groups excluding carboxylic acids is 1. The van der Waals surface area contributed by atoms with Crippen molar-refractivity contribution in [2.24, 2.45) is 0 Å². The van der Waals surface area contributed by atoms with Crippen LogP contribution in [0.15, 0.2) is 72.8 Å². The van der Waals surface area contributed by atoms with E-state index in [-0.39, 0.29) is 6.03 Å². The first-order chi connectivity index (χ1) is 12.7. The van der Waals surface area contributed by atoms with Crippen molar-refractivity contribution in [3.63, 3.8) is 0 Å². The number of hydrogen-bond donors (Lipinski definition) is 3. The van der Waals surface area contributed by atoms with Crippen LogP contribution in [0.4, 0.5) is 16.3 Å². The Kier molecular flexibility index (Phi) is 4.29. The summed E-state index contributed by atoms with van der Waals surface area (Å²) in [7, 11) is 0. The van der Waals surface area contributed by atoms with E-state index < -0.39 is 0 Å². The smallest absolute Gasteiger partial charge is 0.308 e. The SMILES string of the molecule is O=C(Nc1ccccc1)Nc1n[nH]c2cc(Cl)c(-c3ccccc3)cc12. The average Bonchev–Trinajstić information content (AvgIpc) is 3.04. The highest BCUT2D eigenvalue weighted by Gasteiger charge is 2.13. The summed E-state index contributed by atoms with van der Waals surface area (Å²) in [6.07, 6.45) is 0. The number of amides is 2. The lowest BCUT2D eigenvalue weighted by atomic mass is 10.0. The summed E-state index contributed by atoms with van der Waals surface area (Å²) in [4.78, 5) is 12.2. The molecule has 1 heterocycles. The molecule has 0 spiro atoms. The average molecular weight is 363 g/mol. The van der Waals surface area contributed by atoms with Gasteiger partial charge in [0.2, 0.25) is 0 Å². The Morgan fingerprint density at radius 1 is 0.923 bits per heavy atom. The number of urea groups is 1. The van der Waals surface area contributed by atoms with Crippen molar-refractivity contribution in [2.75, 3.05) is 10.6 Å². The second kappa shape index (κ2) is 6.90. The van der Waals surface area contributed by atoms with Gasteiger partial charge in [-0.25, -0.2) is 4.79 Å². The molecule has 2 amide bonds. The van der Waals surface area contributed by atoms with Gasteiger partial charge in [0.05, 0.1) is 10.5 Å². The highest BCUT2D eigenvalue weighted by atomic mass is 35.5. The van der Waals surface area contributed by atoms with Crippen molar-refractivity contribution in [1.82, 2.24) is 10.2 Å². The van der Waals surface area contributed by atoms with Gasteiger partial charge in [0, 0.05) is 16.6 Å². The summed E-state index contributed by atoms with van der Waals surface area (Å²) in [5.41, 5.74) is 3.34. The zero-order valence-electron chi connectivity index (χ0n) is 13.7. The second-order valence-electron chi connectivity index (χ2n) is 5.76. The molecule has 4 rings (SSSR count). The lowest BCUT2D eigenvalue weighted by Crippen LogP contribution is -2.19. The summed E-state index contributed by atoms with van der Waals surface area (Å²) in [6, 6.07) is 22.4. The van der Waals surface area contributed by atoms with Crippen LogP contribution in [0.1, 0.15) is 0 Å². The third-order valence-corrected chi connectivity index (χ3v) is 4.31. The van der Waals surface area contributed by atoms with Crippen molar-refractivity contribution < 1.29 is 4.79 Å². The minimum atomic E-state index is -0.360. The molecule has 4 aromatic rings. The first kappa shape index (κ1) is 16.2. The Balaban J connectivity index is 1.65. The molecule has 128 valence electrons. The third-order valence-electron chi connectivity index (χ3n) is 4.00. The van der Waals surface area contributed by atoms with Crippen molar-refractivity contribution in [2.45, 2.75) is 0 Å². The Morgan fingerprint density at radius 3 is 2.35 bits per heavy atom. The van der Waals surface area contributed by atoms with Crippen LogP contribution >= 0.6 is 11.6 Å². The maximum Gasteiger partial charge on any atom is 0.324 e. The number of nitrogens with zero attached hydrogens (tertiary/aromatic N) is 1. The van der Waals surface area contributed by atoms with Gasteiger partial charge in [0.15, 0.2) is 5.82 Å². The molecule has 0 unspecified atom stereocenters. The Morgan fingerprint density at radius 2 is 1.62 bits per heavy atom. The molecule has 0 bridgehead atoms. The minimum absolute atomic E-state index is 0.360. The number of halogens is 1. The predicted octanol–water partition coefficient (Wildman–Crippen LogP) is 5.53. The molecule has 0 aliphatic carbocycles. The fourth-order valence-electron chi connectivity index (χ4n) is 2.76. The highest BCUT2D eigenvalue weighted by molar-refractivity contribution is 6.34. The maximum absolute atomic E-state index is 12.2. The molecule has 6 heteroatoms. The molecule has 0 saturated carbocycles. The molecule has 0 radical (unpaired) electrons. The van der Waals surface area contributed by atoms with E-state index in [9.17, 15) is 4.79 Å². The number of carbonyl (C=O) groups is 1. The number of anilines is 2. The minimum Gasteiger partial charge on any atom is -0.308 e. The van der Waals surface area contributed by atoms with Gasteiger partial charge >= 0.3 is 6.03 Å². The first-order valence-corrected chi connectivity index (χ1v) is 8.44. The molecule has 0 fully saturated rings. The molecule has 0 aliphatic heterocycles. The van der Waals surface area contributed by atoms with E-state index in [2.05, 4.69) is 20.8 Å². The molecule has 1 aromatic heterocycles. The fraction of sp³-hybridized carbons (Fsp3) is 0. The Bertz CT molecular complexity index is 1060. The van der Waals surface area contributed by atoms with Crippen LogP contribution in [-0.2, 0) is 0 Å². The number of benzene rings is 3. The number of nitrogens with one attached hydrogen (secondary N) is 3. The van der Waals surface area contributed by atoms with E-state index in [1.165, 1.54) is 0 Å². The van der Waals surface area contributed by atoms with E-state index in [0.29, 0.717) is 16.5 Å². The summed E-state index contributed by atoms with van der Waals surface area (Å²) >= 11 is 6.41. The van der Waals surface area contributed by atoms with Crippen molar-refractivity contribution in [3.8, 4) is 11.1 Å². The van der Waals surface area contributed by atoms with Crippen LogP contribution in [0.5, 0.6) is 0 Å². The van der Waals surface area contributed by atoms with Crippen LogP contribution in [-0.4, -0.2) is 16.2 Å². The lowest BCUT2D eigenvalue weighted by molar-refractivity contribution is 0.262. The summed E-state index contributed by atoms with van der Waals surface area (Å²) < 4.78 is 0. The molecule has 0 saturated heterocycles. The standard InChI is InChI=1S/C20H15ClN4O/c21-17-12-18-16(11-15(17)13-7-3-1-4-8-13)19(25-24-18)23-20(26)22-14-9-5-2-6-10-14/h1-12H,(H3,22,23,24,25,26). The van der Waals surface area contributed by atoms with E-state index >= 15 is 0 Å². The highest BCUT2D eigenvalue weighted by Crippen LogP contribution is 2.34. The van der Waals surface area contributed by atoms with Gasteiger partial charge in [-0.2, -0.15) is 5.10 Å². The van der Waals surface area contributed by atoms with E-state index in [0.717, 1.165) is 22.0 Å².